The minimum Gasteiger partial charge on any atom is -0.451 e. The Morgan fingerprint density at radius 2 is 1.96 bits per heavy atom. The van der Waals surface area contributed by atoms with Gasteiger partial charge in [0.1, 0.15) is 5.76 Å². The summed E-state index contributed by atoms with van der Waals surface area (Å²) in [5.74, 6) is 0.469. The fourth-order valence-corrected chi connectivity index (χ4v) is 3.04. The minimum atomic E-state index is -0.373. The van der Waals surface area contributed by atoms with Crippen molar-refractivity contribution in [3.8, 4) is 11.3 Å². The van der Waals surface area contributed by atoms with E-state index < -0.39 is 0 Å². The number of nitrogens with two attached hydrogens (primary N) is 1. The van der Waals surface area contributed by atoms with E-state index in [4.69, 9.17) is 21.8 Å². The number of aryl methyl sites for hydroxylation is 1. The number of halogens is 2. The molecule has 0 atom stereocenters. The Bertz CT molecular complexity index is 921. The molecule has 0 radical (unpaired) electrons. The van der Waals surface area contributed by atoms with Crippen LogP contribution in [0.25, 0.3) is 11.3 Å². The van der Waals surface area contributed by atoms with Gasteiger partial charge in [0.15, 0.2) is 5.76 Å². The summed E-state index contributed by atoms with van der Waals surface area (Å²) in [6, 6.07) is 14.2. The molecule has 0 saturated heterocycles. The topological polar surface area (TPSA) is 68.3 Å². The van der Waals surface area contributed by atoms with Crippen LogP contribution in [0.15, 0.2) is 57.4 Å². The second kappa shape index (κ2) is 6.71. The zero-order valence-corrected chi connectivity index (χ0v) is 15.1. The molecule has 3 aromatic rings. The van der Waals surface area contributed by atoms with Crippen LogP contribution in [0.1, 0.15) is 16.1 Å². The Kier molecular flexibility index (Phi) is 4.64. The van der Waals surface area contributed by atoms with E-state index in [0.29, 0.717) is 22.2 Å². The maximum absolute atomic E-state index is 12.3. The number of hydrogen-bond acceptors (Lipinski definition) is 3. The molecule has 1 heterocycles. The number of furan rings is 1. The highest BCUT2D eigenvalue weighted by Gasteiger charge is 2.15. The van der Waals surface area contributed by atoms with Crippen molar-refractivity contribution in [3.63, 3.8) is 0 Å². The zero-order valence-electron chi connectivity index (χ0n) is 12.8. The highest BCUT2D eigenvalue weighted by atomic mass is 79.9. The van der Waals surface area contributed by atoms with Gasteiger partial charge in [-0.15, -0.1) is 0 Å². The van der Waals surface area contributed by atoms with E-state index in [1.54, 1.807) is 30.3 Å². The van der Waals surface area contributed by atoms with Crippen molar-refractivity contribution in [2.24, 2.45) is 0 Å². The van der Waals surface area contributed by atoms with Crippen molar-refractivity contribution in [2.45, 2.75) is 6.92 Å². The van der Waals surface area contributed by atoms with Crippen LogP contribution in [0.4, 0.5) is 11.4 Å². The van der Waals surface area contributed by atoms with Crippen LogP contribution in [0.5, 0.6) is 0 Å². The highest BCUT2D eigenvalue weighted by Crippen LogP contribution is 2.29. The number of nitrogens with one attached hydrogen (secondary N) is 1. The van der Waals surface area contributed by atoms with Gasteiger partial charge in [0.2, 0.25) is 0 Å². The van der Waals surface area contributed by atoms with Gasteiger partial charge in [-0.3, -0.25) is 4.79 Å². The SMILES string of the molecule is Cc1cc(Br)ccc1-c1ccc(C(=O)Nc2ccc(N)cc2Cl)o1. The van der Waals surface area contributed by atoms with Gasteiger partial charge < -0.3 is 15.5 Å². The van der Waals surface area contributed by atoms with Crippen molar-refractivity contribution < 1.29 is 9.21 Å². The second-order valence-corrected chi connectivity index (χ2v) is 6.64. The maximum atomic E-state index is 12.3. The molecule has 0 bridgehead atoms. The molecule has 1 amide bonds. The Hall–Kier alpha value is -2.24. The van der Waals surface area contributed by atoms with Crippen molar-refractivity contribution in [1.82, 2.24) is 0 Å². The van der Waals surface area contributed by atoms with Gasteiger partial charge in [0.25, 0.3) is 5.91 Å². The smallest absolute Gasteiger partial charge is 0.291 e. The van der Waals surface area contributed by atoms with E-state index in [0.717, 1.165) is 15.6 Å². The predicted octanol–water partition coefficient (Wildman–Crippen LogP) is 5.51. The first kappa shape index (κ1) is 16.6. The largest absolute Gasteiger partial charge is 0.451 e. The molecular formula is C18H14BrClN2O2. The first-order valence-electron chi connectivity index (χ1n) is 7.17. The fraction of sp³-hybridized carbons (Fsp3) is 0.0556. The molecule has 0 unspecified atom stereocenters. The van der Waals surface area contributed by atoms with Crippen LogP contribution in [-0.4, -0.2) is 5.91 Å². The van der Waals surface area contributed by atoms with Crippen LogP contribution >= 0.6 is 27.5 Å². The molecule has 24 heavy (non-hydrogen) atoms. The van der Waals surface area contributed by atoms with Crippen LogP contribution in [0.3, 0.4) is 0 Å². The van der Waals surface area contributed by atoms with Crippen LogP contribution in [0.2, 0.25) is 5.02 Å². The van der Waals surface area contributed by atoms with E-state index in [-0.39, 0.29) is 11.7 Å². The third-order valence-electron chi connectivity index (χ3n) is 3.53. The first-order chi connectivity index (χ1) is 11.4. The second-order valence-electron chi connectivity index (χ2n) is 5.32. The molecule has 0 fully saturated rings. The molecule has 122 valence electrons. The van der Waals surface area contributed by atoms with Crippen molar-refractivity contribution >= 4 is 44.8 Å². The molecule has 0 saturated carbocycles. The molecule has 0 aliphatic carbocycles. The summed E-state index contributed by atoms with van der Waals surface area (Å²) < 4.78 is 6.68. The van der Waals surface area contributed by atoms with Gasteiger partial charge in [-0.2, -0.15) is 0 Å². The van der Waals surface area contributed by atoms with Gasteiger partial charge in [-0.05, 0) is 61.0 Å². The Balaban J connectivity index is 1.83. The molecule has 1 aromatic heterocycles. The lowest BCUT2D eigenvalue weighted by atomic mass is 10.1. The standard InChI is InChI=1S/C18H14BrClN2O2/c1-10-8-11(19)2-4-13(10)16-6-7-17(24-16)18(23)22-15-5-3-12(21)9-14(15)20/h2-9H,21H2,1H3,(H,22,23). The van der Waals surface area contributed by atoms with Crippen LogP contribution in [-0.2, 0) is 0 Å². The molecule has 0 aliphatic rings. The van der Waals surface area contributed by atoms with Crippen LogP contribution < -0.4 is 11.1 Å². The van der Waals surface area contributed by atoms with Gasteiger partial charge in [0, 0.05) is 15.7 Å². The van der Waals surface area contributed by atoms with Crippen LogP contribution in [0, 0.1) is 6.92 Å². The number of rotatable bonds is 3. The van der Waals surface area contributed by atoms with Crippen molar-refractivity contribution in [3.05, 3.63) is 69.3 Å². The Labute approximate surface area is 152 Å². The molecule has 3 rings (SSSR count). The number of carbonyl (C=O) groups is 1. The normalized spacial score (nSPS) is 10.6. The molecule has 0 spiro atoms. The van der Waals surface area contributed by atoms with Crippen molar-refractivity contribution in [1.29, 1.82) is 0 Å². The maximum Gasteiger partial charge on any atom is 0.291 e. The van der Waals surface area contributed by atoms with E-state index in [1.165, 1.54) is 0 Å². The fourth-order valence-electron chi connectivity index (χ4n) is 2.32. The summed E-state index contributed by atoms with van der Waals surface area (Å²) in [6.45, 7) is 1.98. The number of carbonyl (C=O) groups excluding carboxylic acids is 1. The average molecular weight is 406 g/mol. The lowest BCUT2D eigenvalue weighted by molar-refractivity contribution is 0.0997. The zero-order chi connectivity index (χ0) is 17.3. The van der Waals surface area contributed by atoms with Gasteiger partial charge in [-0.25, -0.2) is 0 Å². The molecule has 2 aromatic carbocycles. The molecular weight excluding hydrogens is 392 g/mol. The molecule has 3 N–H and O–H groups in total. The third kappa shape index (κ3) is 3.47. The monoisotopic (exact) mass is 404 g/mol. The van der Waals surface area contributed by atoms with E-state index in [9.17, 15) is 4.79 Å². The highest BCUT2D eigenvalue weighted by molar-refractivity contribution is 9.10. The number of benzene rings is 2. The van der Waals surface area contributed by atoms with E-state index in [1.807, 2.05) is 25.1 Å². The lowest BCUT2D eigenvalue weighted by Crippen LogP contribution is -2.11. The number of amides is 1. The van der Waals surface area contributed by atoms with Crippen molar-refractivity contribution in [2.75, 3.05) is 11.1 Å². The first-order valence-corrected chi connectivity index (χ1v) is 8.34. The molecule has 6 heteroatoms. The number of nitrogen functional groups attached to an aromatic ring is 1. The molecule has 0 aliphatic heterocycles. The average Bonchev–Trinajstić information content (AvgIpc) is 3.00. The summed E-state index contributed by atoms with van der Waals surface area (Å²) >= 11 is 9.50. The van der Waals surface area contributed by atoms with E-state index >= 15 is 0 Å². The summed E-state index contributed by atoms with van der Waals surface area (Å²) in [6.07, 6.45) is 0. The third-order valence-corrected chi connectivity index (χ3v) is 4.33. The number of anilines is 2. The predicted molar refractivity (Wildman–Crippen MR) is 100 cm³/mol. The van der Waals surface area contributed by atoms with Gasteiger partial charge in [0.05, 0.1) is 10.7 Å². The number of hydrogen-bond donors (Lipinski definition) is 2. The minimum absolute atomic E-state index is 0.209. The summed E-state index contributed by atoms with van der Waals surface area (Å²) in [5.41, 5.74) is 8.64. The van der Waals surface area contributed by atoms with Gasteiger partial charge >= 0.3 is 0 Å². The van der Waals surface area contributed by atoms with E-state index in [2.05, 4.69) is 21.2 Å². The lowest BCUT2D eigenvalue weighted by Gasteiger charge is -2.06. The Morgan fingerprint density at radius 1 is 1.17 bits per heavy atom. The Morgan fingerprint density at radius 3 is 2.67 bits per heavy atom. The summed E-state index contributed by atoms with van der Waals surface area (Å²) in [5, 5.41) is 3.09. The quantitative estimate of drug-likeness (QED) is 0.565. The van der Waals surface area contributed by atoms with Gasteiger partial charge in [-0.1, -0.05) is 27.5 Å². The molecule has 4 nitrogen and oxygen atoms in total. The summed E-state index contributed by atoms with van der Waals surface area (Å²) in [7, 11) is 0. The summed E-state index contributed by atoms with van der Waals surface area (Å²) in [4.78, 5) is 12.3.